The van der Waals surface area contributed by atoms with Crippen LogP contribution in [0.5, 0.6) is 0 Å². The van der Waals surface area contributed by atoms with E-state index in [-0.39, 0.29) is 5.78 Å². The van der Waals surface area contributed by atoms with E-state index < -0.39 is 0 Å². The van der Waals surface area contributed by atoms with Crippen LogP contribution in [0.4, 0.5) is 0 Å². The van der Waals surface area contributed by atoms with Crippen molar-refractivity contribution < 1.29 is 9.53 Å². The number of thioether (sulfide) groups is 1. The maximum absolute atomic E-state index is 12.7. The maximum Gasteiger partial charge on any atom is 0.196 e. The van der Waals surface area contributed by atoms with Gasteiger partial charge < -0.3 is 9.30 Å². The monoisotopic (exact) mass is 358 g/mol. The van der Waals surface area contributed by atoms with Gasteiger partial charge in [-0.1, -0.05) is 17.8 Å². The average Bonchev–Trinajstić information content (AvgIpc) is 3.15. The second kappa shape index (κ2) is 7.84. The Kier molecular flexibility index (Phi) is 5.55. The van der Waals surface area contributed by atoms with Gasteiger partial charge in [0.25, 0.3) is 0 Å². The molecule has 6 nitrogen and oxygen atoms in total. The van der Waals surface area contributed by atoms with Crippen molar-refractivity contribution in [1.82, 2.24) is 19.2 Å². The fourth-order valence-electron chi connectivity index (χ4n) is 2.92. The predicted molar refractivity (Wildman–Crippen MR) is 98.4 cm³/mol. The third-order valence-electron chi connectivity index (χ3n) is 4.22. The van der Waals surface area contributed by atoms with Crippen LogP contribution in [0, 0.1) is 13.8 Å². The highest BCUT2D eigenvalue weighted by Gasteiger charge is 2.17. The summed E-state index contributed by atoms with van der Waals surface area (Å²) in [6.07, 6.45) is 2.84. The maximum atomic E-state index is 12.7. The van der Waals surface area contributed by atoms with Gasteiger partial charge >= 0.3 is 0 Å². The minimum Gasteiger partial charge on any atom is -0.385 e. The lowest BCUT2D eigenvalue weighted by atomic mass is 10.2. The van der Waals surface area contributed by atoms with Gasteiger partial charge in [-0.25, -0.2) is 0 Å². The molecule has 25 heavy (non-hydrogen) atoms. The van der Waals surface area contributed by atoms with E-state index in [1.54, 1.807) is 7.11 Å². The molecule has 0 aliphatic rings. The molecule has 0 unspecified atom stereocenters. The molecule has 3 heterocycles. The van der Waals surface area contributed by atoms with Crippen molar-refractivity contribution in [2.24, 2.45) is 0 Å². The first-order chi connectivity index (χ1) is 12.1. The molecule has 3 aromatic rings. The van der Waals surface area contributed by atoms with Gasteiger partial charge in [0.1, 0.15) is 0 Å². The number of Topliss-reactive ketones (excluding diaryl/α,β-unsaturated/α-hetero) is 1. The first-order valence-electron chi connectivity index (χ1n) is 8.23. The topological polar surface area (TPSA) is 61.4 Å². The molecule has 0 atom stereocenters. The largest absolute Gasteiger partial charge is 0.385 e. The molecule has 0 saturated heterocycles. The smallest absolute Gasteiger partial charge is 0.196 e. The minimum absolute atomic E-state index is 0.115. The SMILES string of the molecule is COCCCn1c(C)cc(C(=O)CSc2nnc3ccccn23)c1C. The van der Waals surface area contributed by atoms with Crippen LogP contribution in [-0.2, 0) is 11.3 Å². The Morgan fingerprint density at radius 1 is 1.28 bits per heavy atom. The number of rotatable bonds is 8. The highest BCUT2D eigenvalue weighted by Crippen LogP contribution is 2.21. The number of nitrogens with zero attached hydrogens (tertiary/aromatic N) is 4. The van der Waals surface area contributed by atoms with Crippen LogP contribution in [0.25, 0.3) is 5.65 Å². The molecule has 0 aromatic carbocycles. The van der Waals surface area contributed by atoms with Crippen molar-refractivity contribution in [2.75, 3.05) is 19.5 Å². The van der Waals surface area contributed by atoms with Crippen LogP contribution < -0.4 is 0 Å². The van der Waals surface area contributed by atoms with Gasteiger partial charge in [0.2, 0.25) is 0 Å². The zero-order chi connectivity index (χ0) is 17.8. The molecule has 7 heteroatoms. The van der Waals surface area contributed by atoms with Crippen LogP contribution in [0.2, 0.25) is 0 Å². The van der Waals surface area contributed by atoms with Crippen LogP contribution >= 0.6 is 11.8 Å². The number of ether oxygens (including phenoxy) is 1. The Hall–Kier alpha value is -2.12. The standard InChI is InChI=1S/C18H22N4O2S/c1-13-11-15(14(2)21(13)9-6-10-24-3)16(23)12-25-18-20-19-17-7-4-5-8-22(17)18/h4-5,7-8,11H,6,9-10,12H2,1-3H3. The van der Waals surface area contributed by atoms with Crippen molar-refractivity contribution in [3.63, 3.8) is 0 Å². The molecule has 0 radical (unpaired) electrons. The summed E-state index contributed by atoms with van der Waals surface area (Å²) in [4.78, 5) is 12.7. The summed E-state index contributed by atoms with van der Waals surface area (Å²) in [7, 11) is 1.70. The minimum atomic E-state index is 0.115. The zero-order valence-corrected chi connectivity index (χ0v) is 15.5. The first kappa shape index (κ1) is 17.7. The highest BCUT2D eigenvalue weighted by atomic mass is 32.2. The van der Waals surface area contributed by atoms with E-state index in [1.807, 2.05) is 48.7 Å². The number of ketones is 1. The molecule has 0 N–H and O–H groups in total. The van der Waals surface area contributed by atoms with Crippen molar-refractivity contribution >= 4 is 23.2 Å². The van der Waals surface area contributed by atoms with Crippen LogP contribution in [0.1, 0.15) is 28.2 Å². The van der Waals surface area contributed by atoms with E-state index in [0.29, 0.717) is 5.75 Å². The van der Waals surface area contributed by atoms with Gasteiger partial charge in [-0.15, -0.1) is 10.2 Å². The van der Waals surface area contributed by atoms with Crippen molar-refractivity contribution in [3.05, 3.63) is 47.4 Å². The number of fused-ring (bicyclic) bond motifs is 1. The molecule has 3 aromatic heterocycles. The molecular formula is C18H22N4O2S. The molecule has 132 valence electrons. The quantitative estimate of drug-likeness (QED) is 0.352. The lowest BCUT2D eigenvalue weighted by Crippen LogP contribution is -2.08. The van der Waals surface area contributed by atoms with E-state index >= 15 is 0 Å². The Labute approximate surface area is 151 Å². The summed E-state index contributed by atoms with van der Waals surface area (Å²) in [5.74, 6) is 0.460. The average molecular weight is 358 g/mol. The summed E-state index contributed by atoms with van der Waals surface area (Å²) in [6.45, 7) is 5.62. The van der Waals surface area contributed by atoms with Crippen LogP contribution in [-0.4, -0.2) is 44.4 Å². The number of pyridine rings is 1. The number of methoxy groups -OCH3 is 1. The summed E-state index contributed by atoms with van der Waals surface area (Å²) >= 11 is 1.42. The molecule has 0 aliphatic heterocycles. The number of carbonyl (C=O) groups is 1. The predicted octanol–water partition coefficient (Wildman–Crippen LogP) is 3.16. The van der Waals surface area contributed by atoms with Gasteiger partial charge in [0.05, 0.1) is 5.75 Å². The van der Waals surface area contributed by atoms with Gasteiger partial charge in [-0.2, -0.15) is 0 Å². The molecule has 0 bridgehead atoms. The van der Waals surface area contributed by atoms with Gasteiger partial charge in [-0.05, 0) is 38.5 Å². The van der Waals surface area contributed by atoms with E-state index in [0.717, 1.165) is 47.3 Å². The number of aromatic nitrogens is 4. The van der Waals surface area contributed by atoms with E-state index in [4.69, 9.17) is 4.74 Å². The second-order valence-corrected chi connectivity index (χ2v) is 6.85. The Morgan fingerprint density at radius 3 is 2.92 bits per heavy atom. The van der Waals surface area contributed by atoms with Crippen LogP contribution in [0.3, 0.4) is 0 Å². The Morgan fingerprint density at radius 2 is 2.12 bits per heavy atom. The second-order valence-electron chi connectivity index (χ2n) is 5.91. The molecule has 0 spiro atoms. The van der Waals surface area contributed by atoms with Crippen LogP contribution in [0.15, 0.2) is 35.6 Å². The van der Waals surface area contributed by atoms with Crippen molar-refractivity contribution in [3.8, 4) is 0 Å². The van der Waals surface area contributed by atoms with Gasteiger partial charge in [-0.3, -0.25) is 9.20 Å². The third kappa shape index (κ3) is 3.77. The lowest BCUT2D eigenvalue weighted by molar-refractivity contribution is 0.102. The summed E-state index contributed by atoms with van der Waals surface area (Å²) in [5, 5.41) is 9.01. The molecule has 0 saturated carbocycles. The van der Waals surface area contributed by atoms with Crippen molar-refractivity contribution in [2.45, 2.75) is 32.0 Å². The Bertz CT molecular complexity index is 884. The number of carbonyl (C=O) groups excluding carboxylic acids is 1. The van der Waals surface area contributed by atoms with E-state index in [9.17, 15) is 4.79 Å². The fraction of sp³-hybridized carbons (Fsp3) is 0.389. The van der Waals surface area contributed by atoms with Gasteiger partial charge in [0.15, 0.2) is 16.6 Å². The fourth-order valence-corrected chi connectivity index (χ4v) is 3.73. The molecular weight excluding hydrogens is 336 g/mol. The molecule has 3 rings (SSSR count). The van der Waals surface area contributed by atoms with E-state index in [2.05, 4.69) is 14.8 Å². The molecule has 0 fully saturated rings. The summed E-state index contributed by atoms with van der Waals surface area (Å²) < 4.78 is 9.19. The van der Waals surface area contributed by atoms with E-state index in [1.165, 1.54) is 11.8 Å². The number of hydrogen-bond donors (Lipinski definition) is 0. The summed E-state index contributed by atoms with van der Waals surface area (Å²) in [6, 6.07) is 7.72. The number of aryl methyl sites for hydroxylation is 1. The van der Waals surface area contributed by atoms with Gasteiger partial charge in [0, 0.05) is 43.4 Å². The highest BCUT2D eigenvalue weighted by molar-refractivity contribution is 7.99. The Balaban J connectivity index is 1.70. The first-order valence-corrected chi connectivity index (χ1v) is 9.22. The third-order valence-corrected chi connectivity index (χ3v) is 5.16. The molecule has 0 amide bonds. The normalized spacial score (nSPS) is 11.3. The lowest BCUT2D eigenvalue weighted by Gasteiger charge is -2.09. The van der Waals surface area contributed by atoms with Crippen molar-refractivity contribution in [1.29, 1.82) is 0 Å². The number of hydrogen-bond acceptors (Lipinski definition) is 5. The zero-order valence-electron chi connectivity index (χ0n) is 14.7. The molecule has 0 aliphatic carbocycles. The summed E-state index contributed by atoms with van der Waals surface area (Å²) in [5.41, 5.74) is 3.70.